The number of phenols is 1. The number of halogens is 11. The Bertz CT molecular complexity index is 5030. The molecule has 41 heteroatoms. The van der Waals surface area contributed by atoms with Gasteiger partial charge in [-0.2, -0.15) is 0 Å². The SMILES string of the molecule is CC(C)(C)[Si](C)(C)Oc1ccc(Br)c(Cl)c1.COC(=O)c1cnc(Br)c(F)c1.COC(=O)c1cnc(N2CC(=O)C2)c(F)c1.COC(=O)c1cnc(N2CC(O)(c3ccc(O)cc3Cl)C2)c(F)c1.COC(=O)c1cnc(N2CC(O)(c3ccc(O[Si](C)(C)C(C)(C)C)cc3Cl)C2)c(F)c1.COC(=O)c1cnc(N2CC(O)C2)c(F)c1.Cl.OC1CNC1. The Morgan fingerprint density at radius 2 is 0.777 bits per heavy atom. The zero-order valence-corrected chi connectivity index (χ0v) is 76.7. The number of carbonyl (C=O) groups excluding carboxylic acids is 6. The lowest BCUT2D eigenvalue weighted by Gasteiger charge is -2.47. The first-order valence-corrected chi connectivity index (χ1v) is 45.1. The molecule has 8 aromatic rings. The highest BCUT2D eigenvalue weighted by molar-refractivity contribution is 9.10. The summed E-state index contributed by atoms with van der Waals surface area (Å²) in [5, 5.41) is 53.0. The summed E-state index contributed by atoms with van der Waals surface area (Å²) in [5.41, 5.74) is -1.24. The van der Waals surface area contributed by atoms with Crippen molar-refractivity contribution in [1.29, 1.82) is 0 Å². The van der Waals surface area contributed by atoms with E-state index in [0.717, 1.165) is 53.6 Å². The van der Waals surface area contributed by atoms with Crippen molar-refractivity contribution in [2.75, 3.05) is 121 Å². The molecule has 0 atom stereocenters. The molecule has 13 rings (SSSR count). The number of carbonyl (C=O) groups is 6. The summed E-state index contributed by atoms with van der Waals surface area (Å²) in [5.74, 6) is -4.45. The molecule has 5 fully saturated rings. The van der Waals surface area contributed by atoms with Crippen LogP contribution in [0.4, 0.5) is 45.2 Å². The van der Waals surface area contributed by atoms with Crippen LogP contribution in [0.15, 0.2) is 125 Å². The molecule has 3 aromatic carbocycles. The van der Waals surface area contributed by atoms with E-state index in [4.69, 9.17) is 53.9 Å². The summed E-state index contributed by atoms with van der Waals surface area (Å²) in [6, 6.07) is 20.6. The van der Waals surface area contributed by atoms with Crippen molar-refractivity contribution in [3.05, 3.63) is 208 Å². The maximum atomic E-state index is 14.4. The largest absolute Gasteiger partial charge is 0.543 e. The van der Waals surface area contributed by atoms with Gasteiger partial charge >= 0.3 is 29.8 Å². The standard InChI is InChI=1S/C22H28ClFN2O4Si.C16H14ClFN2O4.C12H18BrClOSi.C10H11FN2O3.C10H9FN2O3.C7H5BrFNO2.C3H7NO.ClH/c1-21(2,3)31(5,6)30-15-7-8-16(17(23)10-15)22(28)12-26(13-22)19-18(24)9-14(11-25-19)20(27)29-4;1-24-15(22)9-4-13(18)14(19-6-9)20-7-16(23,8-20)11-3-2-10(21)5-12(11)17;1-12(2,3)16(4,5)15-9-6-7-10(13)11(14)8-9;2*1-16-10(15)6-2-8(11)9(12-3-6)13-4-7(14)5-13;1-12-7(11)4-2-5(9)6(8)10-3-4;5-3-1-4-2-3;/h7-11,28H,12-13H2,1-6H3;2-6,21,23H,7-8H2,1H3;6-8H,1-5H3;2-3,7,14H,4-5H2,1H3;2-3H,4-5H2,1H3;2-3H,1H3;3-5H,1-2H2;1H. The Balaban J connectivity index is 0.000000228. The van der Waals surface area contributed by atoms with Gasteiger partial charge < -0.3 is 83.0 Å². The molecule has 5 saturated heterocycles. The van der Waals surface area contributed by atoms with Gasteiger partial charge in [0.1, 0.15) is 33.1 Å². The minimum absolute atomic E-state index is 0. The highest BCUT2D eigenvalue weighted by Gasteiger charge is 2.48. The minimum atomic E-state index is -2.02. The Kier molecular flexibility index (Phi) is 35.7. The highest BCUT2D eigenvalue weighted by atomic mass is 79.9. The number of aliphatic hydroxyl groups excluding tert-OH is 2. The molecular formula is C80H93Br2Cl4F5N10O18Si2. The van der Waals surface area contributed by atoms with Crippen LogP contribution >= 0.6 is 79.1 Å². The van der Waals surface area contributed by atoms with Gasteiger partial charge in [0.2, 0.25) is 16.6 Å². The number of aliphatic hydroxyl groups is 4. The van der Waals surface area contributed by atoms with Gasteiger partial charge in [-0.15, -0.1) is 12.4 Å². The lowest BCUT2D eigenvalue weighted by molar-refractivity contribution is -0.119. The molecule has 0 radical (unpaired) electrons. The molecule has 0 spiro atoms. The Morgan fingerprint density at radius 1 is 0.471 bits per heavy atom. The van der Waals surface area contributed by atoms with E-state index in [1.807, 2.05) is 24.3 Å². The van der Waals surface area contributed by atoms with E-state index in [9.17, 15) is 66.0 Å². The molecule has 656 valence electrons. The van der Waals surface area contributed by atoms with Crippen molar-refractivity contribution in [2.24, 2.45) is 0 Å². The molecule has 0 aliphatic carbocycles. The second-order valence-corrected chi connectivity index (χ2v) is 43.0. The molecule has 0 bridgehead atoms. The third-order valence-electron chi connectivity index (χ3n) is 19.7. The fraction of sp³-hybridized carbons (Fsp3) is 0.388. The van der Waals surface area contributed by atoms with E-state index in [2.05, 4.69) is 154 Å². The van der Waals surface area contributed by atoms with Crippen molar-refractivity contribution in [3.8, 4) is 17.2 Å². The second-order valence-electron chi connectivity index (χ2n) is 30.7. The number of ketones is 1. The average Bonchev–Trinajstić information content (AvgIpc) is 0.749. The molecule has 10 heterocycles. The Morgan fingerprint density at radius 3 is 1.06 bits per heavy atom. The third kappa shape index (κ3) is 26.5. The van der Waals surface area contributed by atoms with Crippen molar-refractivity contribution < 1.29 is 109 Å². The average molecular weight is 1940 g/mol. The number of nitrogens with zero attached hydrogens (tertiary/aromatic N) is 9. The summed E-state index contributed by atoms with van der Waals surface area (Å²) in [7, 11) is 2.30. The monoisotopic (exact) mass is 1930 g/mol. The molecule has 6 N–H and O–H groups in total. The van der Waals surface area contributed by atoms with Crippen LogP contribution in [0.25, 0.3) is 0 Å². The van der Waals surface area contributed by atoms with Crippen LogP contribution in [-0.4, -0.2) is 216 Å². The quantitative estimate of drug-likeness (QED) is 0.0182. The van der Waals surface area contributed by atoms with E-state index < -0.39 is 92.9 Å². The number of methoxy groups -OCH3 is 5. The lowest BCUT2D eigenvalue weighted by atomic mass is 9.86. The minimum Gasteiger partial charge on any atom is -0.543 e. The molecule has 0 saturated carbocycles. The first-order chi connectivity index (χ1) is 56.0. The van der Waals surface area contributed by atoms with Crippen LogP contribution in [-0.2, 0) is 39.7 Å². The van der Waals surface area contributed by atoms with Crippen LogP contribution in [0.3, 0.4) is 0 Å². The molecule has 28 nitrogen and oxygen atoms in total. The van der Waals surface area contributed by atoms with Crippen LogP contribution in [0, 0.1) is 29.1 Å². The number of nitrogens with one attached hydrogen (secondary N) is 1. The number of benzene rings is 3. The maximum absolute atomic E-state index is 14.4. The van der Waals surface area contributed by atoms with Crippen molar-refractivity contribution in [2.45, 2.75) is 101 Å². The fourth-order valence-corrected chi connectivity index (χ4v) is 14.1. The van der Waals surface area contributed by atoms with Crippen molar-refractivity contribution in [1.82, 2.24) is 30.2 Å². The fourth-order valence-electron chi connectivity index (χ4n) is 10.7. The number of β-amino-alcohol motifs (C(OH)–C–C–N with tert-alkyl or cyclic N) is 4. The van der Waals surface area contributed by atoms with E-state index in [-0.39, 0.29) is 140 Å². The molecule has 0 unspecified atom stereocenters. The first-order valence-electron chi connectivity index (χ1n) is 36.5. The number of hydrogen-bond donors (Lipinski definition) is 6. The van der Waals surface area contributed by atoms with Gasteiger partial charge in [0.05, 0.1) is 130 Å². The number of pyridine rings is 5. The van der Waals surface area contributed by atoms with E-state index in [1.165, 1.54) is 94.5 Å². The van der Waals surface area contributed by atoms with Gasteiger partial charge in [0.25, 0.3) is 0 Å². The highest BCUT2D eigenvalue weighted by Crippen LogP contribution is 2.45. The number of Topliss-reactive ketones (excluding diaryl/α,β-unsaturated/α-hetero) is 1. The van der Waals surface area contributed by atoms with E-state index in [0.29, 0.717) is 40.0 Å². The number of anilines is 4. The van der Waals surface area contributed by atoms with Gasteiger partial charge in [0, 0.05) is 72.8 Å². The molecule has 5 aromatic heterocycles. The van der Waals surface area contributed by atoms with Gasteiger partial charge in [-0.25, -0.2) is 70.8 Å². The van der Waals surface area contributed by atoms with E-state index in [1.54, 1.807) is 21.9 Å². The van der Waals surface area contributed by atoms with Gasteiger partial charge in [-0.1, -0.05) is 88.5 Å². The molecule has 0 amide bonds. The number of phenolic OH excluding ortho intramolecular Hbond substituents is 1. The summed E-state index contributed by atoms with van der Waals surface area (Å²) < 4.78 is 104. The zero-order chi connectivity index (χ0) is 89.5. The second kappa shape index (κ2) is 42.9. The topological polar surface area (TPSA) is 358 Å². The lowest BCUT2D eigenvalue weighted by Crippen LogP contribution is -2.60. The van der Waals surface area contributed by atoms with Gasteiger partial charge in [-0.3, -0.25) is 4.79 Å². The summed E-state index contributed by atoms with van der Waals surface area (Å²) in [6.07, 6.45) is 5.72. The molecular weight excluding hydrogens is 1840 g/mol. The molecule has 5 aliphatic heterocycles. The summed E-state index contributed by atoms with van der Waals surface area (Å²) in [6.45, 7) is 24.9. The first kappa shape index (κ1) is 101. The number of aromatic hydroxyl groups is 1. The number of hydrogen-bond acceptors (Lipinski definition) is 28. The number of esters is 5. The predicted molar refractivity (Wildman–Crippen MR) is 459 cm³/mol. The van der Waals surface area contributed by atoms with Crippen LogP contribution in [0.1, 0.15) is 104 Å². The number of aromatic nitrogens is 5. The third-order valence-corrected chi connectivity index (χ3v) is 30.9. The van der Waals surface area contributed by atoms with Crippen molar-refractivity contribution in [3.63, 3.8) is 0 Å². The number of ether oxygens (including phenoxy) is 5. The van der Waals surface area contributed by atoms with Crippen molar-refractivity contribution >= 4 is 155 Å². The Labute approximate surface area is 735 Å². The molecule has 5 aliphatic rings. The summed E-state index contributed by atoms with van der Waals surface area (Å²) in [4.78, 5) is 92.1. The normalized spacial score (nSPS) is 14.9. The smallest absolute Gasteiger partial charge is 0.339 e. The summed E-state index contributed by atoms with van der Waals surface area (Å²) >= 11 is 24.8. The van der Waals surface area contributed by atoms with E-state index >= 15 is 0 Å². The maximum Gasteiger partial charge on any atom is 0.339 e. The number of rotatable bonds is 15. The van der Waals surface area contributed by atoms with Gasteiger partial charge in [-0.05, 0) is 141 Å². The van der Waals surface area contributed by atoms with Gasteiger partial charge in [0.15, 0.2) is 58.1 Å². The van der Waals surface area contributed by atoms with Crippen LogP contribution < -0.4 is 33.8 Å². The Hall–Kier alpha value is -8.97. The predicted octanol–water partition coefficient (Wildman–Crippen LogP) is 14.0. The van der Waals surface area contributed by atoms with Crippen LogP contribution in [0.2, 0.25) is 51.3 Å². The van der Waals surface area contributed by atoms with Crippen LogP contribution in [0.5, 0.6) is 17.2 Å². The molecule has 121 heavy (non-hydrogen) atoms. The zero-order valence-electron chi connectivity index (χ0n) is 68.5.